The predicted molar refractivity (Wildman–Crippen MR) is 106 cm³/mol. The first-order valence-electron chi connectivity index (χ1n) is 9.58. The summed E-state index contributed by atoms with van der Waals surface area (Å²) in [5.74, 6) is -0.127. The average Bonchev–Trinajstić information content (AvgIpc) is 2.98. The highest BCUT2D eigenvalue weighted by molar-refractivity contribution is 5.79. The molecule has 28 heavy (non-hydrogen) atoms. The van der Waals surface area contributed by atoms with Crippen molar-refractivity contribution in [1.82, 2.24) is 25.0 Å². The molecular formula is C21H25N5O2. The van der Waals surface area contributed by atoms with E-state index in [1.165, 1.54) is 23.8 Å². The number of fused-ring (bicyclic) bond motifs is 2. The smallest absolute Gasteiger partial charge is 0.246 e. The number of amides is 1. The molecule has 3 heterocycles. The first-order chi connectivity index (χ1) is 13.7. The molecule has 0 unspecified atom stereocenters. The van der Waals surface area contributed by atoms with Gasteiger partial charge in [0.05, 0.1) is 23.4 Å². The largest absolute Gasteiger partial charge is 0.375 e. The van der Waals surface area contributed by atoms with Gasteiger partial charge in [0.1, 0.15) is 6.61 Å². The Morgan fingerprint density at radius 3 is 3.07 bits per heavy atom. The van der Waals surface area contributed by atoms with E-state index in [2.05, 4.69) is 55.3 Å². The van der Waals surface area contributed by atoms with E-state index in [-0.39, 0.29) is 12.5 Å². The second-order valence-electron chi connectivity index (χ2n) is 7.15. The van der Waals surface area contributed by atoms with Crippen LogP contribution >= 0.6 is 0 Å². The van der Waals surface area contributed by atoms with Crippen LogP contribution in [0.25, 0.3) is 10.9 Å². The van der Waals surface area contributed by atoms with Crippen molar-refractivity contribution in [2.24, 2.45) is 0 Å². The number of benzene rings is 1. The van der Waals surface area contributed by atoms with E-state index in [1.807, 2.05) is 12.3 Å². The lowest BCUT2D eigenvalue weighted by Gasteiger charge is -2.19. The standard InChI is InChI=1S/C21H25N5O2/c1-28-15-21(27)23-12-18-11-19-14-25(8-3-9-26(19)24-18)13-16-5-6-20-17(10-16)4-2-7-22-20/h2,4-7,10-11H,3,8-9,12-15H2,1H3,(H,23,27). The van der Waals surface area contributed by atoms with Gasteiger partial charge in [0.2, 0.25) is 5.91 Å². The van der Waals surface area contributed by atoms with Crippen LogP contribution in [0.3, 0.4) is 0 Å². The van der Waals surface area contributed by atoms with Crippen molar-refractivity contribution in [3.05, 3.63) is 59.5 Å². The van der Waals surface area contributed by atoms with Gasteiger partial charge in [0.15, 0.2) is 0 Å². The highest BCUT2D eigenvalue weighted by Gasteiger charge is 2.17. The van der Waals surface area contributed by atoms with Crippen molar-refractivity contribution in [1.29, 1.82) is 0 Å². The number of aromatic nitrogens is 3. The molecule has 0 atom stereocenters. The molecule has 0 spiro atoms. The van der Waals surface area contributed by atoms with Gasteiger partial charge < -0.3 is 10.1 Å². The van der Waals surface area contributed by atoms with Gasteiger partial charge in [-0.15, -0.1) is 0 Å². The van der Waals surface area contributed by atoms with E-state index in [4.69, 9.17) is 4.74 Å². The lowest BCUT2D eigenvalue weighted by molar-refractivity contribution is -0.124. The Kier molecular flexibility index (Phi) is 5.64. The van der Waals surface area contributed by atoms with Crippen molar-refractivity contribution in [2.75, 3.05) is 20.3 Å². The van der Waals surface area contributed by atoms with Crippen LogP contribution in [0.5, 0.6) is 0 Å². The van der Waals surface area contributed by atoms with Crippen molar-refractivity contribution in [3.63, 3.8) is 0 Å². The molecule has 2 aromatic heterocycles. The van der Waals surface area contributed by atoms with E-state index in [1.54, 1.807) is 0 Å². The quantitative estimate of drug-likeness (QED) is 0.710. The van der Waals surface area contributed by atoms with Gasteiger partial charge in [0.25, 0.3) is 0 Å². The number of carbonyl (C=O) groups is 1. The number of hydrogen-bond donors (Lipinski definition) is 1. The second-order valence-corrected chi connectivity index (χ2v) is 7.15. The maximum atomic E-state index is 11.6. The number of pyridine rings is 1. The SMILES string of the molecule is COCC(=O)NCc1cc2n(n1)CCCN(Cc1ccc3ncccc3c1)C2. The first-order valence-corrected chi connectivity index (χ1v) is 9.58. The first kappa shape index (κ1) is 18.6. The van der Waals surface area contributed by atoms with Gasteiger partial charge in [0, 0.05) is 44.9 Å². The van der Waals surface area contributed by atoms with E-state index in [9.17, 15) is 4.79 Å². The van der Waals surface area contributed by atoms with E-state index in [0.717, 1.165) is 43.8 Å². The highest BCUT2D eigenvalue weighted by Crippen LogP contribution is 2.19. The monoisotopic (exact) mass is 379 g/mol. The molecule has 0 bridgehead atoms. The normalized spacial score (nSPS) is 14.6. The van der Waals surface area contributed by atoms with Crippen LogP contribution in [0, 0.1) is 0 Å². The van der Waals surface area contributed by atoms with E-state index < -0.39 is 0 Å². The third-order valence-electron chi connectivity index (χ3n) is 4.96. The van der Waals surface area contributed by atoms with E-state index >= 15 is 0 Å². The zero-order valence-corrected chi connectivity index (χ0v) is 16.1. The second kappa shape index (κ2) is 8.50. The third-order valence-corrected chi connectivity index (χ3v) is 4.96. The van der Waals surface area contributed by atoms with Gasteiger partial charge in [-0.1, -0.05) is 12.1 Å². The van der Waals surface area contributed by atoms with Gasteiger partial charge in [-0.05, 0) is 36.2 Å². The number of carbonyl (C=O) groups excluding carboxylic acids is 1. The zero-order valence-electron chi connectivity index (χ0n) is 16.1. The number of rotatable bonds is 6. The third kappa shape index (κ3) is 4.37. The molecule has 3 aromatic rings. The number of ether oxygens (including phenoxy) is 1. The van der Waals surface area contributed by atoms with Gasteiger partial charge in [-0.2, -0.15) is 5.10 Å². The number of nitrogens with one attached hydrogen (secondary N) is 1. The molecule has 146 valence electrons. The summed E-state index contributed by atoms with van der Waals surface area (Å²) in [5.41, 5.74) is 4.40. The lowest BCUT2D eigenvalue weighted by atomic mass is 10.1. The summed E-state index contributed by atoms with van der Waals surface area (Å²) in [7, 11) is 1.51. The predicted octanol–water partition coefficient (Wildman–Crippen LogP) is 2.10. The molecule has 1 aliphatic heterocycles. The van der Waals surface area contributed by atoms with Crippen molar-refractivity contribution in [3.8, 4) is 0 Å². The fraction of sp³-hybridized carbons (Fsp3) is 0.381. The summed E-state index contributed by atoms with van der Waals surface area (Å²) < 4.78 is 6.91. The van der Waals surface area contributed by atoms with Crippen LogP contribution in [0.2, 0.25) is 0 Å². The average molecular weight is 379 g/mol. The van der Waals surface area contributed by atoms with Crippen molar-refractivity contribution >= 4 is 16.8 Å². The summed E-state index contributed by atoms with van der Waals surface area (Å²) in [5, 5.41) is 8.66. The van der Waals surface area contributed by atoms with Crippen molar-refractivity contribution in [2.45, 2.75) is 32.6 Å². The molecule has 1 aromatic carbocycles. The topological polar surface area (TPSA) is 72.3 Å². The van der Waals surface area contributed by atoms with Crippen LogP contribution in [0.15, 0.2) is 42.6 Å². The van der Waals surface area contributed by atoms with Crippen LogP contribution < -0.4 is 5.32 Å². The molecule has 0 radical (unpaired) electrons. The Labute approximate surface area is 164 Å². The van der Waals surface area contributed by atoms with Gasteiger partial charge in [-0.25, -0.2) is 0 Å². The minimum Gasteiger partial charge on any atom is -0.375 e. The fourth-order valence-corrected chi connectivity index (χ4v) is 3.66. The molecule has 4 rings (SSSR count). The minimum atomic E-state index is -0.127. The highest BCUT2D eigenvalue weighted by atomic mass is 16.5. The molecule has 1 N–H and O–H groups in total. The van der Waals surface area contributed by atoms with Gasteiger partial charge in [-0.3, -0.25) is 19.4 Å². The lowest BCUT2D eigenvalue weighted by Crippen LogP contribution is -2.26. The molecular weight excluding hydrogens is 354 g/mol. The molecule has 0 fully saturated rings. The minimum absolute atomic E-state index is 0.0720. The van der Waals surface area contributed by atoms with Crippen LogP contribution in [0.4, 0.5) is 0 Å². The molecule has 7 nitrogen and oxygen atoms in total. The number of hydrogen-bond acceptors (Lipinski definition) is 5. The van der Waals surface area contributed by atoms with E-state index in [0.29, 0.717) is 6.54 Å². The summed E-state index contributed by atoms with van der Waals surface area (Å²) in [6.07, 6.45) is 2.88. The summed E-state index contributed by atoms with van der Waals surface area (Å²) >= 11 is 0. The summed E-state index contributed by atoms with van der Waals surface area (Å²) in [6.45, 7) is 4.19. The maximum absolute atomic E-state index is 11.6. The van der Waals surface area contributed by atoms with Crippen LogP contribution in [-0.4, -0.2) is 45.8 Å². The molecule has 0 aliphatic carbocycles. The Morgan fingerprint density at radius 1 is 1.25 bits per heavy atom. The maximum Gasteiger partial charge on any atom is 0.246 e. The van der Waals surface area contributed by atoms with Gasteiger partial charge >= 0.3 is 0 Å². The Hall–Kier alpha value is -2.77. The summed E-state index contributed by atoms with van der Waals surface area (Å²) in [6, 6.07) is 12.6. The molecule has 0 saturated carbocycles. The van der Waals surface area contributed by atoms with Crippen LogP contribution in [-0.2, 0) is 35.7 Å². The number of methoxy groups -OCH3 is 1. The van der Waals surface area contributed by atoms with Crippen LogP contribution in [0.1, 0.15) is 23.4 Å². The van der Waals surface area contributed by atoms with Crippen molar-refractivity contribution < 1.29 is 9.53 Å². The number of nitrogens with zero attached hydrogens (tertiary/aromatic N) is 4. The molecule has 0 saturated heterocycles. The molecule has 1 amide bonds. The zero-order chi connectivity index (χ0) is 19.3. The Morgan fingerprint density at radius 2 is 2.18 bits per heavy atom. The number of aryl methyl sites for hydroxylation is 1. The molecule has 7 heteroatoms. The fourth-order valence-electron chi connectivity index (χ4n) is 3.66. The Bertz CT molecular complexity index is 968. The Balaban J connectivity index is 1.42. The molecule has 1 aliphatic rings. The summed E-state index contributed by atoms with van der Waals surface area (Å²) in [4.78, 5) is 18.4.